The molecule has 0 atom stereocenters. The van der Waals surface area contributed by atoms with Gasteiger partial charge in [-0.25, -0.2) is 18.2 Å². The number of anilines is 1. The summed E-state index contributed by atoms with van der Waals surface area (Å²) in [6.45, 7) is 1.69. The Balaban J connectivity index is 2.36. The van der Waals surface area contributed by atoms with Crippen LogP contribution in [0.25, 0.3) is 0 Å². The van der Waals surface area contributed by atoms with Crippen LogP contribution in [0.5, 0.6) is 0 Å². The second-order valence-corrected chi connectivity index (χ2v) is 8.10. The number of halogens is 1. The topological polar surface area (TPSA) is 96.4 Å². The van der Waals surface area contributed by atoms with Crippen molar-refractivity contribution in [2.45, 2.75) is 11.8 Å². The Morgan fingerprint density at radius 2 is 2.15 bits per heavy atom. The number of rotatable bonds is 4. The first-order valence-corrected chi connectivity index (χ1v) is 8.37. The van der Waals surface area contributed by atoms with Crippen LogP contribution in [0.4, 0.5) is 5.82 Å². The van der Waals surface area contributed by atoms with Crippen LogP contribution in [0, 0.1) is 6.92 Å². The SMILES string of the molecule is Cc1sc(Br)cc1S(=O)(=O)Nc1cc(C(=O)O)ccn1. The highest BCUT2D eigenvalue weighted by Crippen LogP contribution is 2.30. The number of thiophene rings is 1. The fourth-order valence-electron chi connectivity index (χ4n) is 1.51. The number of carbonyl (C=O) groups is 1. The molecule has 0 spiro atoms. The molecule has 0 aliphatic carbocycles. The molecule has 0 fully saturated rings. The molecule has 2 heterocycles. The zero-order valence-corrected chi connectivity index (χ0v) is 13.3. The molecule has 6 nitrogen and oxygen atoms in total. The summed E-state index contributed by atoms with van der Waals surface area (Å²) < 4.78 is 27.4. The van der Waals surface area contributed by atoms with Gasteiger partial charge in [-0.1, -0.05) is 0 Å². The maximum absolute atomic E-state index is 12.2. The van der Waals surface area contributed by atoms with Gasteiger partial charge in [0.15, 0.2) is 0 Å². The third kappa shape index (κ3) is 3.17. The van der Waals surface area contributed by atoms with Crippen LogP contribution in [0.2, 0.25) is 0 Å². The minimum Gasteiger partial charge on any atom is -0.478 e. The Morgan fingerprint density at radius 1 is 1.45 bits per heavy atom. The second-order valence-electron chi connectivity index (χ2n) is 3.81. The van der Waals surface area contributed by atoms with Gasteiger partial charge >= 0.3 is 5.97 Å². The summed E-state index contributed by atoms with van der Waals surface area (Å²) in [6, 6.07) is 3.94. The first kappa shape index (κ1) is 14.9. The molecule has 9 heteroatoms. The summed E-state index contributed by atoms with van der Waals surface area (Å²) in [7, 11) is -3.79. The van der Waals surface area contributed by atoms with Gasteiger partial charge in [0.2, 0.25) is 0 Å². The van der Waals surface area contributed by atoms with Gasteiger partial charge in [0.1, 0.15) is 10.7 Å². The van der Waals surface area contributed by atoms with Crippen molar-refractivity contribution in [1.29, 1.82) is 0 Å². The van der Waals surface area contributed by atoms with Gasteiger partial charge in [-0.05, 0) is 41.1 Å². The lowest BCUT2D eigenvalue weighted by Gasteiger charge is -2.07. The summed E-state index contributed by atoms with van der Waals surface area (Å²) in [4.78, 5) is 15.4. The van der Waals surface area contributed by atoms with Crippen LogP contribution in [-0.4, -0.2) is 24.5 Å². The van der Waals surface area contributed by atoms with E-state index in [4.69, 9.17) is 5.11 Å². The number of aromatic carboxylic acids is 1. The molecule has 2 rings (SSSR count). The van der Waals surface area contributed by atoms with E-state index < -0.39 is 16.0 Å². The summed E-state index contributed by atoms with van der Waals surface area (Å²) in [5.74, 6) is -1.19. The molecule has 20 heavy (non-hydrogen) atoms. The quantitative estimate of drug-likeness (QED) is 0.854. The van der Waals surface area contributed by atoms with E-state index in [1.165, 1.54) is 29.7 Å². The van der Waals surface area contributed by atoms with E-state index in [2.05, 4.69) is 25.6 Å². The molecule has 0 aromatic carbocycles. The maximum Gasteiger partial charge on any atom is 0.335 e. The fourth-order valence-corrected chi connectivity index (χ4v) is 4.92. The highest BCUT2D eigenvalue weighted by Gasteiger charge is 2.20. The van der Waals surface area contributed by atoms with Crippen molar-refractivity contribution in [3.8, 4) is 0 Å². The van der Waals surface area contributed by atoms with Gasteiger partial charge in [-0.2, -0.15) is 0 Å². The van der Waals surface area contributed by atoms with E-state index in [9.17, 15) is 13.2 Å². The summed E-state index contributed by atoms with van der Waals surface area (Å²) >= 11 is 4.52. The van der Waals surface area contributed by atoms with Gasteiger partial charge in [0.25, 0.3) is 10.0 Å². The number of hydrogen-bond acceptors (Lipinski definition) is 5. The smallest absolute Gasteiger partial charge is 0.335 e. The first-order chi connectivity index (χ1) is 9.29. The van der Waals surface area contributed by atoms with Gasteiger partial charge in [-0.15, -0.1) is 11.3 Å². The lowest BCUT2D eigenvalue weighted by molar-refractivity contribution is 0.0697. The highest BCUT2D eigenvalue weighted by atomic mass is 79.9. The number of hydrogen-bond donors (Lipinski definition) is 2. The molecule has 0 aliphatic rings. The Morgan fingerprint density at radius 3 is 2.70 bits per heavy atom. The number of carboxylic acid groups (broad SMARTS) is 1. The third-order valence-corrected chi connectivity index (χ3v) is 5.54. The molecule has 0 saturated carbocycles. The molecule has 2 aromatic heterocycles. The summed E-state index contributed by atoms with van der Waals surface area (Å²) in [5, 5.41) is 8.86. The molecule has 0 aliphatic heterocycles. The molecule has 0 radical (unpaired) electrons. The lowest BCUT2D eigenvalue weighted by Crippen LogP contribution is -2.14. The third-order valence-electron chi connectivity index (χ3n) is 2.38. The Labute approximate surface area is 127 Å². The molecule has 0 unspecified atom stereocenters. The summed E-state index contributed by atoms with van der Waals surface area (Å²) in [5.41, 5.74) is -0.0408. The van der Waals surface area contributed by atoms with Crippen molar-refractivity contribution in [1.82, 2.24) is 4.98 Å². The number of aromatic nitrogens is 1. The number of sulfonamides is 1. The predicted molar refractivity (Wildman–Crippen MR) is 78.8 cm³/mol. The zero-order valence-electron chi connectivity index (χ0n) is 10.1. The van der Waals surface area contributed by atoms with E-state index in [0.29, 0.717) is 8.66 Å². The molecule has 0 saturated heterocycles. The Kier molecular flexibility index (Phi) is 4.11. The maximum atomic E-state index is 12.2. The van der Waals surface area contributed by atoms with Crippen LogP contribution in [0.15, 0.2) is 33.1 Å². The molecule has 106 valence electrons. The van der Waals surface area contributed by atoms with Crippen LogP contribution in [0.3, 0.4) is 0 Å². The monoisotopic (exact) mass is 376 g/mol. The van der Waals surface area contributed by atoms with Crippen molar-refractivity contribution in [2.24, 2.45) is 0 Å². The first-order valence-electron chi connectivity index (χ1n) is 5.28. The average molecular weight is 377 g/mol. The normalized spacial score (nSPS) is 11.3. The number of aryl methyl sites for hydroxylation is 1. The van der Waals surface area contributed by atoms with E-state index in [1.54, 1.807) is 6.92 Å². The number of pyridine rings is 1. The van der Waals surface area contributed by atoms with Crippen molar-refractivity contribution in [2.75, 3.05) is 4.72 Å². The average Bonchev–Trinajstić information content (AvgIpc) is 2.69. The molecule has 0 bridgehead atoms. The van der Waals surface area contributed by atoms with Crippen molar-refractivity contribution < 1.29 is 18.3 Å². The van der Waals surface area contributed by atoms with E-state index in [0.717, 1.165) is 6.07 Å². The zero-order chi connectivity index (χ0) is 14.9. The number of carboxylic acids is 1. The van der Waals surface area contributed by atoms with Crippen LogP contribution >= 0.6 is 27.3 Å². The fraction of sp³-hybridized carbons (Fsp3) is 0.0909. The number of nitrogens with one attached hydrogen (secondary N) is 1. The standard InChI is InChI=1S/C11H9BrN2O4S2/c1-6-8(5-9(12)19-6)20(17,18)14-10-4-7(11(15)16)2-3-13-10/h2-5H,1H3,(H,13,14)(H,15,16). The molecular weight excluding hydrogens is 368 g/mol. The van der Waals surface area contributed by atoms with Crippen LogP contribution in [-0.2, 0) is 10.0 Å². The Hall–Kier alpha value is -1.45. The largest absolute Gasteiger partial charge is 0.478 e. The Bertz CT molecular complexity index is 770. The molecule has 0 amide bonds. The van der Waals surface area contributed by atoms with E-state index in [1.807, 2.05) is 0 Å². The van der Waals surface area contributed by atoms with Crippen molar-refractivity contribution in [3.05, 3.63) is 38.6 Å². The van der Waals surface area contributed by atoms with Gasteiger partial charge < -0.3 is 5.11 Å². The molecule has 2 aromatic rings. The molecule has 2 N–H and O–H groups in total. The van der Waals surface area contributed by atoms with Gasteiger partial charge in [-0.3, -0.25) is 4.72 Å². The minimum atomic E-state index is -3.79. The lowest BCUT2D eigenvalue weighted by atomic mass is 10.3. The van der Waals surface area contributed by atoms with E-state index >= 15 is 0 Å². The predicted octanol–water partition coefficient (Wildman–Crippen LogP) is 2.71. The van der Waals surface area contributed by atoms with Crippen LogP contribution in [0.1, 0.15) is 15.2 Å². The van der Waals surface area contributed by atoms with Crippen molar-refractivity contribution in [3.63, 3.8) is 0 Å². The van der Waals surface area contributed by atoms with Gasteiger partial charge in [0.05, 0.1) is 9.35 Å². The molecular formula is C11H9BrN2O4S2. The van der Waals surface area contributed by atoms with Crippen molar-refractivity contribution >= 4 is 49.1 Å². The van der Waals surface area contributed by atoms with Gasteiger partial charge in [0, 0.05) is 11.1 Å². The second kappa shape index (κ2) is 5.51. The minimum absolute atomic E-state index is 0.0355. The highest BCUT2D eigenvalue weighted by molar-refractivity contribution is 9.11. The van der Waals surface area contributed by atoms with E-state index in [-0.39, 0.29) is 16.3 Å². The number of nitrogens with zero attached hydrogens (tertiary/aromatic N) is 1. The van der Waals surface area contributed by atoms with Crippen LogP contribution < -0.4 is 4.72 Å². The summed E-state index contributed by atoms with van der Waals surface area (Å²) in [6.07, 6.45) is 1.23.